The monoisotopic (exact) mass is 309 g/mol. The van der Waals surface area contributed by atoms with Gasteiger partial charge in [0.1, 0.15) is 11.6 Å². The highest BCUT2D eigenvalue weighted by atomic mass is 32.2. The van der Waals surface area contributed by atoms with Crippen LogP contribution in [0.2, 0.25) is 0 Å². The Labute approximate surface area is 122 Å². The van der Waals surface area contributed by atoms with Crippen LogP contribution < -0.4 is 15.2 Å². The molecule has 0 saturated carbocycles. The summed E-state index contributed by atoms with van der Waals surface area (Å²) in [7, 11) is -0.730. The number of hydrogen-bond acceptors (Lipinski definition) is 5. The molecule has 112 valence electrons. The second kappa shape index (κ2) is 5.44. The second-order valence-corrected chi connectivity index (χ2v) is 5.94. The number of nitrogens with one attached hydrogen (secondary N) is 2. The normalized spacial score (nSPS) is 11.1. The lowest BCUT2D eigenvalue weighted by Crippen LogP contribution is -2.15. The summed E-state index contributed by atoms with van der Waals surface area (Å²) in [6.07, 6.45) is 2.78. The highest BCUT2D eigenvalue weighted by Gasteiger charge is 2.19. The molecule has 1 heterocycles. The minimum atomic E-state index is -3.81. The van der Waals surface area contributed by atoms with Crippen LogP contribution in [0, 0.1) is 5.41 Å². The van der Waals surface area contributed by atoms with Crippen LogP contribution in [-0.2, 0) is 17.1 Å². The zero-order chi connectivity index (χ0) is 15.6. The molecular weight excluding hydrogens is 294 g/mol. The molecule has 0 aliphatic rings. The second-order valence-electron chi connectivity index (χ2n) is 4.31. The summed E-state index contributed by atoms with van der Waals surface area (Å²) in [4.78, 5) is 3.80. The van der Waals surface area contributed by atoms with Gasteiger partial charge in [0.05, 0.1) is 19.1 Å². The first kappa shape index (κ1) is 14.9. The van der Waals surface area contributed by atoms with Gasteiger partial charge in [-0.25, -0.2) is 4.98 Å². The van der Waals surface area contributed by atoms with Crippen LogP contribution in [0.15, 0.2) is 35.7 Å². The maximum atomic E-state index is 12.2. The molecular formula is C12H15N5O3S. The van der Waals surface area contributed by atoms with Crippen LogP contribution in [0.3, 0.4) is 0 Å². The molecule has 0 bridgehead atoms. The van der Waals surface area contributed by atoms with Crippen molar-refractivity contribution in [3.8, 4) is 5.75 Å². The molecule has 0 fully saturated rings. The number of nitrogens with zero attached hydrogens (tertiary/aromatic N) is 2. The number of nitrogens with two attached hydrogens (primary N) is 1. The number of aromatic nitrogens is 2. The lowest BCUT2D eigenvalue weighted by molar-refractivity contribution is 0.417. The van der Waals surface area contributed by atoms with Crippen molar-refractivity contribution in [2.24, 2.45) is 12.8 Å². The maximum absolute atomic E-state index is 12.2. The van der Waals surface area contributed by atoms with Gasteiger partial charge in [-0.05, 0) is 18.2 Å². The molecule has 0 aliphatic carbocycles. The van der Waals surface area contributed by atoms with Crippen molar-refractivity contribution in [2.75, 3.05) is 11.8 Å². The van der Waals surface area contributed by atoms with Gasteiger partial charge in [-0.2, -0.15) is 8.42 Å². The van der Waals surface area contributed by atoms with Crippen molar-refractivity contribution in [3.05, 3.63) is 36.3 Å². The van der Waals surface area contributed by atoms with Gasteiger partial charge in [0.2, 0.25) is 0 Å². The molecule has 8 nitrogen and oxygen atoms in total. The molecule has 21 heavy (non-hydrogen) atoms. The molecule has 9 heteroatoms. The summed E-state index contributed by atoms with van der Waals surface area (Å²) in [5.74, 6) is 0.134. The Morgan fingerprint density at radius 2 is 2.19 bits per heavy atom. The quantitative estimate of drug-likeness (QED) is 0.548. The largest absolute Gasteiger partial charge is 0.495 e. The van der Waals surface area contributed by atoms with Crippen LogP contribution in [0.4, 0.5) is 5.69 Å². The van der Waals surface area contributed by atoms with Gasteiger partial charge >= 0.3 is 0 Å². The van der Waals surface area contributed by atoms with Crippen molar-refractivity contribution < 1.29 is 13.2 Å². The van der Waals surface area contributed by atoms with Gasteiger partial charge in [0.15, 0.2) is 5.03 Å². The molecule has 2 rings (SSSR count). The number of aryl methyl sites for hydroxylation is 1. The molecule has 1 aromatic heterocycles. The molecule has 0 atom stereocenters. The predicted molar refractivity (Wildman–Crippen MR) is 78.0 cm³/mol. The standard InChI is InChI=1S/C12H15N5O3S/c1-17-6-11(15-7-17)21(18,19)16-9-4-3-8(12(13)14)5-10(9)20-2/h3-7,16H,1-2H3,(H3,13,14). The first-order chi connectivity index (χ1) is 9.83. The van der Waals surface area contributed by atoms with E-state index in [9.17, 15) is 8.42 Å². The van der Waals surface area contributed by atoms with E-state index in [0.29, 0.717) is 5.56 Å². The van der Waals surface area contributed by atoms with Gasteiger partial charge in [0.25, 0.3) is 10.0 Å². The van der Waals surface area contributed by atoms with Crippen molar-refractivity contribution in [1.82, 2.24) is 9.55 Å². The van der Waals surface area contributed by atoms with Gasteiger partial charge in [-0.15, -0.1) is 0 Å². The molecule has 0 aliphatic heterocycles. The number of benzene rings is 1. The first-order valence-corrected chi connectivity index (χ1v) is 7.35. The SMILES string of the molecule is COc1cc(C(=N)N)ccc1NS(=O)(=O)c1cn(C)cn1. The van der Waals surface area contributed by atoms with E-state index in [2.05, 4.69) is 9.71 Å². The third kappa shape index (κ3) is 3.14. The van der Waals surface area contributed by atoms with Crippen LogP contribution in [0.25, 0.3) is 0 Å². The fourth-order valence-electron chi connectivity index (χ4n) is 1.67. The van der Waals surface area contributed by atoms with Crippen molar-refractivity contribution in [3.63, 3.8) is 0 Å². The van der Waals surface area contributed by atoms with Gasteiger partial charge in [-0.1, -0.05) is 0 Å². The maximum Gasteiger partial charge on any atom is 0.281 e. The molecule has 4 N–H and O–H groups in total. The van der Waals surface area contributed by atoms with E-state index >= 15 is 0 Å². The number of anilines is 1. The third-order valence-corrected chi connectivity index (χ3v) is 3.96. The number of rotatable bonds is 5. The Bertz CT molecular complexity index is 782. The highest BCUT2D eigenvalue weighted by Crippen LogP contribution is 2.27. The Morgan fingerprint density at radius 1 is 1.48 bits per heavy atom. The smallest absolute Gasteiger partial charge is 0.281 e. The number of methoxy groups -OCH3 is 1. The molecule has 0 saturated heterocycles. The van der Waals surface area contributed by atoms with E-state index in [1.807, 2.05) is 0 Å². The average molecular weight is 309 g/mol. The lowest BCUT2D eigenvalue weighted by atomic mass is 10.2. The van der Waals surface area contributed by atoms with E-state index in [-0.39, 0.29) is 22.3 Å². The van der Waals surface area contributed by atoms with E-state index < -0.39 is 10.0 Å². The van der Waals surface area contributed by atoms with E-state index in [1.165, 1.54) is 42.4 Å². The lowest BCUT2D eigenvalue weighted by Gasteiger charge is -2.11. The summed E-state index contributed by atoms with van der Waals surface area (Å²) in [6, 6.07) is 4.50. The fraction of sp³-hybridized carbons (Fsp3) is 0.167. The minimum absolute atomic E-state index is 0.0947. The molecule has 1 aromatic carbocycles. The molecule has 2 aromatic rings. The predicted octanol–water partition coefficient (Wildman–Crippen LogP) is 0.514. The summed E-state index contributed by atoms with van der Waals surface area (Å²) < 4.78 is 33.4. The number of ether oxygens (including phenoxy) is 1. The van der Waals surface area contributed by atoms with E-state index in [4.69, 9.17) is 15.9 Å². The summed E-state index contributed by atoms with van der Waals surface area (Å²) in [6.45, 7) is 0. The van der Waals surface area contributed by atoms with Crippen LogP contribution in [-0.4, -0.2) is 30.9 Å². The zero-order valence-electron chi connectivity index (χ0n) is 11.5. The van der Waals surface area contributed by atoms with Gasteiger partial charge < -0.3 is 15.0 Å². The molecule has 0 radical (unpaired) electrons. The summed E-state index contributed by atoms with van der Waals surface area (Å²) in [5, 5.41) is 7.27. The summed E-state index contributed by atoms with van der Waals surface area (Å²) >= 11 is 0. The highest BCUT2D eigenvalue weighted by molar-refractivity contribution is 7.92. The number of hydrogen-bond donors (Lipinski definition) is 3. The van der Waals surface area contributed by atoms with Crippen LogP contribution in [0.5, 0.6) is 5.75 Å². The molecule has 0 amide bonds. The van der Waals surface area contributed by atoms with Gasteiger partial charge in [-0.3, -0.25) is 10.1 Å². The van der Waals surface area contributed by atoms with Crippen LogP contribution >= 0.6 is 0 Å². The van der Waals surface area contributed by atoms with Crippen molar-refractivity contribution in [2.45, 2.75) is 5.03 Å². The van der Waals surface area contributed by atoms with E-state index in [0.717, 1.165) is 0 Å². The van der Waals surface area contributed by atoms with Gasteiger partial charge in [0, 0.05) is 18.8 Å². The number of sulfonamides is 1. The Kier molecular flexibility index (Phi) is 3.85. The molecule has 0 spiro atoms. The average Bonchev–Trinajstić information content (AvgIpc) is 2.86. The minimum Gasteiger partial charge on any atom is -0.495 e. The Balaban J connectivity index is 2.37. The first-order valence-electron chi connectivity index (χ1n) is 5.86. The van der Waals surface area contributed by atoms with Crippen molar-refractivity contribution >= 4 is 21.5 Å². The van der Waals surface area contributed by atoms with E-state index in [1.54, 1.807) is 7.05 Å². The zero-order valence-corrected chi connectivity index (χ0v) is 12.3. The fourth-order valence-corrected chi connectivity index (χ4v) is 2.72. The number of amidine groups is 1. The number of imidazole rings is 1. The number of nitrogen functional groups attached to an aromatic ring is 1. The Hall–Kier alpha value is -2.55. The topological polar surface area (TPSA) is 123 Å². The summed E-state index contributed by atoms with van der Waals surface area (Å²) in [5.41, 5.74) is 6.07. The third-order valence-electron chi connectivity index (χ3n) is 2.71. The van der Waals surface area contributed by atoms with Crippen molar-refractivity contribution in [1.29, 1.82) is 5.41 Å². The van der Waals surface area contributed by atoms with Crippen LogP contribution in [0.1, 0.15) is 5.56 Å². The Morgan fingerprint density at radius 3 is 2.71 bits per heavy atom. The molecule has 0 unspecified atom stereocenters.